The molecule has 1 aliphatic rings. The molecule has 1 unspecified atom stereocenters. The fourth-order valence-electron chi connectivity index (χ4n) is 3.30. The van der Waals surface area contributed by atoms with Crippen LogP contribution in [0.5, 0.6) is 0 Å². The maximum atomic E-state index is 12.8. The molecule has 4 nitrogen and oxygen atoms in total. The molecule has 134 valence electrons. The number of ketones is 1. The Morgan fingerprint density at radius 2 is 1.65 bits per heavy atom. The molecule has 2 aromatic carbocycles. The van der Waals surface area contributed by atoms with Gasteiger partial charge in [-0.3, -0.25) is 4.79 Å². The highest BCUT2D eigenvalue weighted by Gasteiger charge is 2.30. The van der Waals surface area contributed by atoms with Gasteiger partial charge in [-0.25, -0.2) is 4.99 Å². The fourth-order valence-corrected chi connectivity index (χ4v) is 3.30. The summed E-state index contributed by atoms with van der Waals surface area (Å²) in [6.07, 6.45) is 4.46. The van der Waals surface area contributed by atoms with E-state index in [2.05, 4.69) is 23.2 Å². The summed E-state index contributed by atoms with van der Waals surface area (Å²) in [5, 5.41) is 0. The lowest BCUT2D eigenvalue weighted by Gasteiger charge is -2.27. The zero-order chi connectivity index (χ0) is 18.7. The van der Waals surface area contributed by atoms with Gasteiger partial charge < -0.3 is 9.80 Å². The fraction of sp³-hybridized carbons (Fsp3) is 0.273. The maximum absolute atomic E-state index is 12.8. The molecule has 0 amide bonds. The number of rotatable bonds is 4. The molecule has 0 radical (unpaired) electrons. The minimum atomic E-state index is 0.137. The van der Waals surface area contributed by atoms with Crippen LogP contribution in [0.2, 0.25) is 0 Å². The largest absolute Gasteiger partial charge is 0.383 e. The lowest BCUT2D eigenvalue weighted by atomic mass is 9.76. The van der Waals surface area contributed by atoms with Crippen LogP contribution in [0.4, 0.5) is 5.69 Å². The highest BCUT2D eigenvalue weighted by Crippen LogP contribution is 2.39. The van der Waals surface area contributed by atoms with E-state index in [4.69, 9.17) is 0 Å². The van der Waals surface area contributed by atoms with Crippen LogP contribution in [0.25, 0.3) is 0 Å². The van der Waals surface area contributed by atoms with E-state index in [1.165, 1.54) is 5.56 Å². The van der Waals surface area contributed by atoms with Gasteiger partial charge in [-0.2, -0.15) is 0 Å². The summed E-state index contributed by atoms with van der Waals surface area (Å²) in [4.78, 5) is 21.1. The standard InChI is InChI=1S/C22H25N3O/c1-24(2)14-17-13-21(19-7-5-6-8-20(19)22(17)26)16-9-11-18(12-10-16)23-15-25(3)4/h5-12,14-15,21H,13H2,1-4H3/b17-14+,23-15+. The van der Waals surface area contributed by atoms with Crippen molar-refractivity contribution >= 4 is 17.8 Å². The number of carbonyl (C=O) groups excluding carboxylic acids is 1. The predicted molar refractivity (Wildman–Crippen MR) is 107 cm³/mol. The molecule has 0 saturated heterocycles. The molecule has 26 heavy (non-hydrogen) atoms. The van der Waals surface area contributed by atoms with Gasteiger partial charge in [0.25, 0.3) is 0 Å². The molecule has 0 aliphatic heterocycles. The summed E-state index contributed by atoms with van der Waals surface area (Å²) in [6.45, 7) is 0. The van der Waals surface area contributed by atoms with Gasteiger partial charge in [0.1, 0.15) is 0 Å². The first-order valence-corrected chi connectivity index (χ1v) is 8.77. The first-order chi connectivity index (χ1) is 12.5. The molecule has 0 N–H and O–H groups in total. The Kier molecular flexibility index (Phi) is 5.21. The van der Waals surface area contributed by atoms with Crippen molar-refractivity contribution in [2.24, 2.45) is 4.99 Å². The first-order valence-electron chi connectivity index (χ1n) is 8.77. The van der Waals surface area contributed by atoms with Gasteiger partial charge in [0.2, 0.25) is 0 Å². The lowest BCUT2D eigenvalue weighted by molar-refractivity contribution is 0.102. The molecular formula is C22H25N3O. The molecule has 0 fully saturated rings. The molecule has 4 heteroatoms. The topological polar surface area (TPSA) is 35.9 Å². The van der Waals surface area contributed by atoms with E-state index in [-0.39, 0.29) is 11.7 Å². The number of hydrogen-bond donors (Lipinski definition) is 0. The van der Waals surface area contributed by atoms with Crippen molar-refractivity contribution in [3.05, 3.63) is 77.0 Å². The SMILES string of the molecule is CN(C)/C=N/c1ccc(C2C/C(=C\N(C)C)C(=O)c3ccccc32)cc1. The molecule has 0 spiro atoms. The van der Waals surface area contributed by atoms with E-state index < -0.39 is 0 Å². The number of hydrogen-bond acceptors (Lipinski definition) is 3. The minimum Gasteiger partial charge on any atom is -0.383 e. The van der Waals surface area contributed by atoms with Crippen LogP contribution in [-0.4, -0.2) is 50.1 Å². The van der Waals surface area contributed by atoms with Crippen LogP contribution >= 0.6 is 0 Å². The third-order valence-electron chi connectivity index (χ3n) is 4.44. The zero-order valence-electron chi connectivity index (χ0n) is 15.8. The van der Waals surface area contributed by atoms with Crippen molar-refractivity contribution < 1.29 is 4.79 Å². The average molecular weight is 347 g/mol. The second-order valence-corrected chi connectivity index (χ2v) is 7.09. The van der Waals surface area contributed by atoms with Crippen molar-refractivity contribution in [3.63, 3.8) is 0 Å². The molecule has 2 aromatic rings. The normalized spacial score (nSPS) is 18.2. The van der Waals surface area contributed by atoms with Crippen molar-refractivity contribution in [1.82, 2.24) is 9.80 Å². The quantitative estimate of drug-likeness (QED) is 0.475. The van der Waals surface area contributed by atoms with Gasteiger partial charge >= 0.3 is 0 Å². The number of nitrogens with zero attached hydrogens (tertiary/aromatic N) is 3. The monoisotopic (exact) mass is 347 g/mol. The Hall–Kier alpha value is -2.88. The summed E-state index contributed by atoms with van der Waals surface area (Å²) in [5.74, 6) is 0.319. The number of carbonyl (C=O) groups is 1. The summed E-state index contributed by atoms with van der Waals surface area (Å²) < 4.78 is 0. The number of Topliss-reactive ketones (excluding diaryl/α,β-unsaturated/α-hetero) is 1. The Bertz CT molecular complexity index is 848. The van der Waals surface area contributed by atoms with Crippen LogP contribution in [0.1, 0.15) is 33.8 Å². The molecular weight excluding hydrogens is 322 g/mol. The Morgan fingerprint density at radius 3 is 2.31 bits per heavy atom. The third kappa shape index (κ3) is 3.85. The van der Waals surface area contributed by atoms with Crippen LogP contribution in [0, 0.1) is 0 Å². The van der Waals surface area contributed by atoms with Gasteiger partial charge in [-0.1, -0.05) is 36.4 Å². The van der Waals surface area contributed by atoms with Gasteiger partial charge in [0.05, 0.1) is 12.0 Å². The molecule has 0 aromatic heterocycles. The summed E-state index contributed by atoms with van der Waals surface area (Å²) in [5.41, 5.74) is 4.91. The summed E-state index contributed by atoms with van der Waals surface area (Å²) in [6, 6.07) is 16.2. The Morgan fingerprint density at radius 1 is 0.962 bits per heavy atom. The van der Waals surface area contributed by atoms with Crippen molar-refractivity contribution in [1.29, 1.82) is 0 Å². The molecule has 1 aliphatic carbocycles. The average Bonchev–Trinajstić information content (AvgIpc) is 2.62. The van der Waals surface area contributed by atoms with E-state index in [0.717, 1.165) is 22.4 Å². The maximum Gasteiger partial charge on any atom is 0.190 e. The molecule has 3 rings (SSSR count). The van der Waals surface area contributed by atoms with Crippen LogP contribution in [-0.2, 0) is 0 Å². The molecule has 0 bridgehead atoms. The lowest BCUT2D eigenvalue weighted by Crippen LogP contribution is -2.21. The highest BCUT2D eigenvalue weighted by molar-refractivity contribution is 6.11. The number of benzene rings is 2. The predicted octanol–water partition coefficient (Wildman–Crippen LogP) is 4.07. The van der Waals surface area contributed by atoms with Crippen LogP contribution in [0.15, 0.2) is 65.3 Å². The van der Waals surface area contributed by atoms with Gasteiger partial charge in [-0.15, -0.1) is 0 Å². The smallest absolute Gasteiger partial charge is 0.190 e. The zero-order valence-corrected chi connectivity index (χ0v) is 15.8. The summed E-state index contributed by atoms with van der Waals surface area (Å²) >= 11 is 0. The van der Waals surface area contributed by atoms with E-state index >= 15 is 0 Å². The second kappa shape index (κ2) is 7.56. The van der Waals surface area contributed by atoms with E-state index in [1.807, 2.05) is 74.5 Å². The number of fused-ring (bicyclic) bond motifs is 1. The van der Waals surface area contributed by atoms with Gasteiger partial charge in [-0.05, 0) is 29.7 Å². The molecule has 0 saturated carbocycles. The minimum absolute atomic E-state index is 0.137. The highest BCUT2D eigenvalue weighted by atomic mass is 16.1. The van der Waals surface area contributed by atoms with Crippen LogP contribution < -0.4 is 0 Å². The first kappa shape index (κ1) is 17.9. The van der Waals surface area contributed by atoms with E-state index in [9.17, 15) is 4.79 Å². The Labute approximate surface area is 155 Å². The van der Waals surface area contributed by atoms with Crippen molar-refractivity contribution in [2.45, 2.75) is 12.3 Å². The van der Waals surface area contributed by atoms with E-state index in [1.54, 1.807) is 6.34 Å². The molecule has 0 heterocycles. The number of allylic oxidation sites excluding steroid dienone is 1. The summed E-state index contributed by atoms with van der Waals surface area (Å²) in [7, 11) is 7.81. The Balaban J connectivity index is 1.98. The second-order valence-electron chi connectivity index (χ2n) is 7.09. The van der Waals surface area contributed by atoms with Gasteiger partial charge in [0.15, 0.2) is 5.78 Å². The molecule has 1 atom stereocenters. The van der Waals surface area contributed by atoms with Crippen molar-refractivity contribution in [3.8, 4) is 0 Å². The van der Waals surface area contributed by atoms with Crippen molar-refractivity contribution in [2.75, 3.05) is 28.2 Å². The number of aliphatic imine (C=N–C) groups is 1. The van der Waals surface area contributed by atoms with Gasteiger partial charge in [0, 0.05) is 51.4 Å². The van der Waals surface area contributed by atoms with Crippen LogP contribution in [0.3, 0.4) is 0 Å². The third-order valence-corrected chi connectivity index (χ3v) is 4.44. The van der Waals surface area contributed by atoms with E-state index in [0.29, 0.717) is 6.42 Å².